The third-order valence-corrected chi connectivity index (χ3v) is 6.37. The molecule has 2 aliphatic rings. The molecule has 0 aromatic carbocycles. The fraction of sp³-hybridized carbons (Fsp3) is 0.538. The molecule has 13 heteroatoms. The van der Waals surface area contributed by atoms with Crippen LogP contribution in [0.15, 0.2) is 15.8 Å². The van der Waals surface area contributed by atoms with E-state index in [0.717, 1.165) is 0 Å². The molecule has 1 N–H and O–H groups in total. The van der Waals surface area contributed by atoms with Gasteiger partial charge in [0.25, 0.3) is 0 Å². The van der Waals surface area contributed by atoms with Gasteiger partial charge in [-0.1, -0.05) is 11.8 Å². The van der Waals surface area contributed by atoms with Crippen molar-refractivity contribution < 1.29 is 49.4 Å². The quantitative estimate of drug-likeness (QED) is 0.268. The molecule has 2 aliphatic heterocycles. The Kier molecular flexibility index (Phi) is 7.12. The predicted octanol–water partition coefficient (Wildman–Crippen LogP) is -4.44. The van der Waals surface area contributed by atoms with Gasteiger partial charge in [-0.25, -0.2) is 4.68 Å². The monoisotopic (exact) mass is 404 g/mol. The number of aliphatic hydroxyl groups excluding tert-OH is 1. The summed E-state index contributed by atoms with van der Waals surface area (Å²) in [6, 6.07) is 2.00. The van der Waals surface area contributed by atoms with Crippen LogP contribution in [0.25, 0.3) is 0 Å². The number of aliphatic carboxylic acids is 1. The van der Waals surface area contributed by atoms with E-state index >= 15 is 0 Å². The second kappa shape index (κ2) is 8.73. The molecule has 0 radical (unpaired) electrons. The minimum Gasteiger partial charge on any atom is -0.543 e. The van der Waals surface area contributed by atoms with Crippen LogP contribution in [0.5, 0.6) is 0 Å². The summed E-state index contributed by atoms with van der Waals surface area (Å²) in [6.07, 6.45) is -0.602. The number of carboxylic acid groups (broad SMARTS) is 1. The van der Waals surface area contributed by atoms with Crippen molar-refractivity contribution in [2.75, 3.05) is 5.75 Å². The van der Waals surface area contributed by atoms with Crippen LogP contribution in [0, 0.1) is 17.2 Å². The number of aromatic nitrogens is 4. The minimum absolute atomic E-state index is 0. The van der Waals surface area contributed by atoms with Crippen LogP contribution in [-0.4, -0.2) is 59.3 Å². The van der Waals surface area contributed by atoms with E-state index in [1.807, 2.05) is 6.07 Å². The fourth-order valence-electron chi connectivity index (χ4n) is 2.67. The number of tetrazole rings is 1. The maximum absolute atomic E-state index is 12.1. The second-order valence-electron chi connectivity index (χ2n) is 5.42. The fourth-order valence-corrected chi connectivity index (χ4v) is 5.28. The van der Waals surface area contributed by atoms with Gasteiger partial charge >= 0.3 is 29.6 Å². The van der Waals surface area contributed by atoms with Crippen LogP contribution < -0.4 is 34.7 Å². The third kappa shape index (κ3) is 3.78. The van der Waals surface area contributed by atoms with E-state index in [1.54, 1.807) is 0 Å². The first-order chi connectivity index (χ1) is 12.0. The van der Waals surface area contributed by atoms with Crippen LogP contribution in [-0.2, 0) is 16.1 Å². The molecule has 10 nitrogen and oxygen atoms in total. The van der Waals surface area contributed by atoms with Gasteiger partial charge in [0.1, 0.15) is 5.37 Å². The van der Waals surface area contributed by atoms with Crippen molar-refractivity contribution >= 4 is 35.4 Å². The second-order valence-corrected chi connectivity index (χ2v) is 7.58. The number of aliphatic hydroxyl groups is 1. The van der Waals surface area contributed by atoms with E-state index < -0.39 is 29.3 Å². The van der Waals surface area contributed by atoms with Crippen LogP contribution in [0.1, 0.15) is 13.3 Å². The summed E-state index contributed by atoms with van der Waals surface area (Å²) in [5.74, 6) is -2.21. The summed E-state index contributed by atoms with van der Waals surface area (Å²) in [5, 5.41) is 41.0. The molecule has 3 atom stereocenters. The van der Waals surface area contributed by atoms with Crippen LogP contribution in [0.3, 0.4) is 0 Å². The number of carboxylic acids is 1. The van der Waals surface area contributed by atoms with E-state index in [0.29, 0.717) is 16.6 Å². The first-order valence-electron chi connectivity index (χ1n) is 7.34. The number of hydrogen-bond acceptors (Lipinski definition) is 10. The van der Waals surface area contributed by atoms with E-state index in [4.69, 9.17) is 5.26 Å². The number of rotatable bonds is 7. The smallest absolute Gasteiger partial charge is 0.543 e. The molecular formula is C13H13N6NaO4S2. The van der Waals surface area contributed by atoms with Gasteiger partial charge in [0.15, 0.2) is 0 Å². The van der Waals surface area contributed by atoms with Crippen molar-refractivity contribution in [3.8, 4) is 6.07 Å². The summed E-state index contributed by atoms with van der Waals surface area (Å²) in [5.41, 5.74) is -0.152. The van der Waals surface area contributed by atoms with E-state index in [1.165, 1.54) is 40.0 Å². The third-order valence-electron chi connectivity index (χ3n) is 3.83. The SMILES string of the molecule is C[C@@H](O)[C@H]1C(=O)N2C(C(=O)[O-])=C(CSc3nnnn3CCC#N)S[C@H]12.[Na+]. The molecule has 1 aromatic rings. The number of β-lactam (4-membered cyclic amide) rings is 1. The van der Waals surface area contributed by atoms with Crippen molar-refractivity contribution in [3.63, 3.8) is 0 Å². The zero-order chi connectivity index (χ0) is 18.1. The predicted molar refractivity (Wildman–Crippen MR) is 84.2 cm³/mol. The Balaban J connectivity index is 0.00000243. The number of aryl methyl sites for hydroxylation is 1. The standard InChI is InChI=1S/C13H14N6O4S2.Na/c1-6(20)8-10(21)19-9(12(22)23)7(25-11(8)19)5-24-13-15-16-17-18(13)4-2-3-14;/h6,8,11,20H,2,4-5H2,1H3,(H,22,23);/q;+1/p-1/t6-,8+,11-;/m1./s1. The number of fused-ring (bicyclic) bond motifs is 1. The molecule has 0 saturated carbocycles. The summed E-state index contributed by atoms with van der Waals surface area (Å²) in [7, 11) is 0. The molecule has 0 spiro atoms. The number of hydrogen-bond donors (Lipinski definition) is 1. The summed E-state index contributed by atoms with van der Waals surface area (Å²) >= 11 is 2.45. The number of carbonyl (C=O) groups excluding carboxylic acids is 2. The van der Waals surface area contributed by atoms with Crippen LogP contribution >= 0.6 is 23.5 Å². The van der Waals surface area contributed by atoms with Gasteiger partial charge in [0, 0.05) is 10.7 Å². The van der Waals surface area contributed by atoms with Gasteiger partial charge in [-0.15, -0.1) is 16.9 Å². The number of nitriles is 1. The average Bonchev–Trinajstić information content (AvgIpc) is 3.12. The molecule has 0 unspecified atom stereocenters. The van der Waals surface area contributed by atoms with Crippen molar-refractivity contribution in [2.45, 2.75) is 36.5 Å². The van der Waals surface area contributed by atoms with Crippen molar-refractivity contribution in [2.24, 2.45) is 5.92 Å². The molecule has 1 amide bonds. The molecule has 0 bridgehead atoms. The molecule has 26 heavy (non-hydrogen) atoms. The minimum atomic E-state index is -1.42. The summed E-state index contributed by atoms with van der Waals surface area (Å²) in [6.45, 7) is 1.85. The van der Waals surface area contributed by atoms with Gasteiger partial charge in [-0.05, 0) is 17.4 Å². The number of nitrogens with zero attached hydrogens (tertiary/aromatic N) is 6. The van der Waals surface area contributed by atoms with Gasteiger partial charge in [-0.2, -0.15) is 5.26 Å². The van der Waals surface area contributed by atoms with E-state index in [9.17, 15) is 19.8 Å². The number of carbonyl (C=O) groups is 2. The Bertz CT molecular complexity index is 792. The Morgan fingerprint density at radius 3 is 2.92 bits per heavy atom. The van der Waals surface area contributed by atoms with Crippen molar-refractivity contribution in [1.29, 1.82) is 5.26 Å². The zero-order valence-corrected chi connectivity index (χ0v) is 17.7. The van der Waals surface area contributed by atoms with Crippen LogP contribution in [0.2, 0.25) is 0 Å². The van der Waals surface area contributed by atoms with Crippen LogP contribution in [0.4, 0.5) is 0 Å². The Morgan fingerprint density at radius 1 is 1.58 bits per heavy atom. The number of amides is 1. The Morgan fingerprint density at radius 2 is 2.31 bits per heavy atom. The normalized spacial score (nSPS) is 22.3. The van der Waals surface area contributed by atoms with Gasteiger partial charge in [0.05, 0.1) is 42.7 Å². The molecular weight excluding hydrogens is 391 g/mol. The van der Waals surface area contributed by atoms with Gasteiger partial charge in [0.2, 0.25) is 11.1 Å². The van der Waals surface area contributed by atoms with Crippen molar-refractivity contribution in [1.82, 2.24) is 25.1 Å². The molecule has 3 rings (SSSR count). The molecule has 1 aromatic heterocycles. The Labute approximate surface area is 179 Å². The van der Waals surface area contributed by atoms with E-state index in [2.05, 4.69) is 15.5 Å². The summed E-state index contributed by atoms with van der Waals surface area (Å²) < 4.78 is 1.46. The zero-order valence-electron chi connectivity index (χ0n) is 14.0. The van der Waals surface area contributed by atoms with E-state index in [-0.39, 0.29) is 47.4 Å². The topological polar surface area (TPSA) is 148 Å². The van der Waals surface area contributed by atoms with Crippen molar-refractivity contribution in [3.05, 3.63) is 10.6 Å². The average molecular weight is 404 g/mol. The molecule has 1 fully saturated rings. The van der Waals surface area contributed by atoms with Gasteiger partial charge in [-0.3, -0.25) is 9.69 Å². The largest absolute Gasteiger partial charge is 1.00 e. The molecule has 0 aliphatic carbocycles. The first kappa shape index (κ1) is 21.2. The number of thioether (sulfide) groups is 2. The van der Waals surface area contributed by atoms with Gasteiger partial charge < -0.3 is 15.0 Å². The first-order valence-corrected chi connectivity index (χ1v) is 9.20. The maximum Gasteiger partial charge on any atom is 1.00 e. The molecule has 3 heterocycles. The molecule has 1 saturated heterocycles. The summed E-state index contributed by atoms with van der Waals surface area (Å²) in [4.78, 5) is 25.2. The Hall–Kier alpha value is -1.10. The maximum atomic E-state index is 12.1. The molecule has 132 valence electrons.